The molecular weight excluding hydrogens is 432 g/mol. The predicted molar refractivity (Wildman–Crippen MR) is 113 cm³/mol. The lowest BCUT2D eigenvalue weighted by Gasteiger charge is -2.07. The van der Waals surface area contributed by atoms with Gasteiger partial charge in [0.15, 0.2) is 0 Å². The van der Waals surface area contributed by atoms with E-state index in [0.717, 1.165) is 17.4 Å². The van der Waals surface area contributed by atoms with E-state index in [1.165, 1.54) is 29.1 Å². The maximum absolute atomic E-state index is 14.0. The summed E-state index contributed by atoms with van der Waals surface area (Å²) < 4.78 is 28.6. The van der Waals surface area contributed by atoms with E-state index in [2.05, 4.69) is 10.3 Å². The molecule has 0 aliphatic carbocycles. The number of anilines is 1. The third kappa shape index (κ3) is 3.71. The lowest BCUT2D eigenvalue weighted by molar-refractivity contribution is 0.103. The molecule has 152 valence electrons. The summed E-state index contributed by atoms with van der Waals surface area (Å²) >= 11 is 6.82. The molecule has 0 bridgehead atoms. The van der Waals surface area contributed by atoms with Gasteiger partial charge in [-0.2, -0.15) is 0 Å². The second-order valence-electron chi connectivity index (χ2n) is 6.59. The molecule has 0 aliphatic heterocycles. The highest BCUT2D eigenvalue weighted by atomic mass is 35.5. The van der Waals surface area contributed by atoms with E-state index in [4.69, 9.17) is 11.6 Å². The molecule has 1 amide bonds. The maximum Gasteiger partial charge on any atom is 0.266 e. The van der Waals surface area contributed by atoms with Gasteiger partial charge in [-0.25, -0.2) is 13.8 Å². The standard InChI is InChI=1S/C21H14ClF2N3O2S/c1-11-17-20(25-10-27(21(17)29)9-12-4-2-3-5-15(12)23)30-18(11)19(28)26-13-6-7-16(24)14(22)8-13/h2-8,10H,9H2,1H3,(H,26,28). The van der Waals surface area contributed by atoms with E-state index in [0.29, 0.717) is 31.9 Å². The number of carbonyl (C=O) groups excluding carboxylic acids is 1. The summed E-state index contributed by atoms with van der Waals surface area (Å²) in [6.07, 6.45) is 1.34. The molecule has 30 heavy (non-hydrogen) atoms. The first-order valence-corrected chi connectivity index (χ1v) is 10.0. The molecular formula is C21H14ClF2N3O2S. The summed E-state index contributed by atoms with van der Waals surface area (Å²) in [5.41, 5.74) is 0.801. The highest BCUT2D eigenvalue weighted by Crippen LogP contribution is 2.28. The zero-order chi connectivity index (χ0) is 21.4. The Hall–Kier alpha value is -3.10. The summed E-state index contributed by atoms with van der Waals surface area (Å²) in [6.45, 7) is 1.68. The number of carbonyl (C=O) groups is 1. The molecule has 9 heteroatoms. The lowest BCUT2D eigenvalue weighted by atomic mass is 10.2. The van der Waals surface area contributed by atoms with Crippen molar-refractivity contribution in [1.29, 1.82) is 0 Å². The second-order valence-corrected chi connectivity index (χ2v) is 7.99. The van der Waals surface area contributed by atoms with Gasteiger partial charge in [0.05, 0.1) is 28.2 Å². The minimum atomic E-state index is -0.590. The molecule has 0 spiro atoms. The Morgan fingerprint density at radius 2 is 1.97 bits per heavy atom. The van der Waals surface area contributed by atoms with Crippen molar-refractivity contribution in [3.8, 4) is 0 Å². The molecule has 4 rings (SSSR count). The molecule has 0 unspecified atom stereocenters. The highest BCUT2D eigenvalue weighted by molar-refractivity contribution is 7.20. The molecule has 0 atom stereocenters. The fourth-order valence-electron chi connectivity index (χ4n) is 3.06. The van der Waals surface area contributed by atoms with Crippen LogP contribution >= 0.6 is 22.9 Å². The summed E-state index contributed by atoms with van der Waals surface area (Å²) in [5.74, 6) is -1.46. The van der Waals surface area contributed by atoms with Crippen LogP contribution in [-0.4, -0.2) is 15.5 Å². The molecule has 0 radical (unpaired) electrons. The van der Waals surface area contributed by atoms with Crippen LogP contribution in [0.15, 0.2) is 53.6 Å². The van der Waals surface area contributed by atoms with Crippen LogP contribution in [-0.2, 0) is 6.54 Å². The van der Waals surface area contributed by atoms with Gasteiger partial charge >= 0.3 is 0 Å². The Morgan fingerprint density at radius 1 is 1.20 bits per heavy atom. The van der Waals surface area contributed by atoms with Gasteiger partial charge in [-0.3, -0.25) is 14.2 Å². The van der Waals surface area contributed by atoms with Gasteiger partial charge in [-0.05, 0) is 36.8 Å². The minimum Gasteiger partial charge on any atom is -0.321 e. The molecule has 2 aromatic heterocycles. The summed E-state index contributed by atoms with van der Waals surface area (Å²) in [4.78, 5) is 30.7. The number of benzene rings is 2. The first-order valence-electron chi connectivity index (χ1n) is 8.83. The van der Waals surface area contributed by atoms with Crippen molar-refractivity contribution >= 4 is 44.7 Å². The number of thiophene rings is 1. The van der Waals surface area contributed by atoms with Crippen molar-refractivity contribution in [2.24, 2.45) is 0 Å². The second kappa shape index (κ2) is 7.97. The van der Waals surface area contributed by atoms with E-state index in [9.17, 15) is 18.4 Å². The largest absolute Gasteiger partial charge is 0.321 e. The quantitative estimate of drug-likeness (QED) is 0.481. The van der Waals surface area contributed by atoms with Gasteiger partial charge in [0, 0.05) is 11.3 Å². The van der Waals surface area contributed by atoms with E-state index >= 15 is 0 Å². The van der Waals surface area contributed by atoms with Crippen molar-refractivity contribution in [2.45, 2.75) is 13.5 Å². The van der Waals surface area contributed by atoms with Crippen LogP contribution in [0.5, 0.6) is 0 Å². The molecule has 0 saturated carbocycles. The smallest absolute Gasteiger partial charge is 0.266 e. The van der Waals surface area contributed by atoms with Crippen molar-refractivity contribution in [2.75, 3.05) is 5.32 Å². The first kappa shape index (κ1) is 20.2. The Balaban J connectivity index is 1.69. The number of nitrogens with zero attached hydrogens (tertiary/aromatic N) is 2. The fraction of sp³-hybridized carbons (Fsp3) is 0.0952. The summed E-state index contributed by atoms with van der Waals surface area (Å²) in [5, 5.41) is 2.84. The number of fused-ring (bicyclic) bond motifs is 1. The van der Waals surface area contributed by atoms with Gasteiger partial charge in [0.1, 0.15) is 16.5 Å². The third-order valence-corrected chi connectivity index (χ3v) is 6.09. The fourth-order valence-corrected chi connectivity index (χ4v) is 4.28. The van der Waals surface area contributed by atoms with Gasteiger partial charge in [0.25, 0.3) is 11.5 Å². The zero-order valence-electron chi connectivity index (χ0n) is 15.6. The monoisotopic (exact) mass is 445 g/mol. The summed E-state index contributed by atoms with van der Waals surface area (Å²) in [7, 11) is 0. The Morgan fingerprint density at radius 3 is 2.70 bits per heavy atom. The molecule has 0 saturated heterocycles. The van der Waals surface area contributed by atoms with Crippen LogP contribution in [0.25, 0.3) is 10.2 Å². The molecule has 1 N–H and O–H groups in total. The Labute approximate surface area is 178 Å². The minimum absolute atomic E-state index is 0.0271. The van der Waals surface area contributed by atoms with Gasteiger partial charge in [0.2, 0.25) is 0 Å². The number of aryl methyl sites for hydroxylation is 1. The number of nitrogens with one attached hydrogen (secondary N) is 1. The van der Waals surface area contributed by atoms with E-state index in [1.807, 2.05) is 0 Å². The summed E-state index contributed by atoms with van der Waals surface area (Å²) in [6, 6.07) is 10.0. The Bertz CT molecular complexity index is 1350. The van der Waals surface area contributed by atoms with Crippen LogP contribution < -0.4 is 10.9 Å². The molecule has 5 nitrogen and oxygen atoms in total. The maximum atomic E-state index is 14.0. The van der Waals surface area contributed by atoms with Crippen LogP contribution in [0.3, 0.4) is 0 Å². The predicted octanol–water partition coefficient (Wildman–Crippen LogP) is 5.00. The van der Waals surface area contributed by atoms with Crippen molar-refractivity contribution < 1.29 is 13.6 Å². The van der Waals surface area contributed by atoms with Gasteiger partial charge < -0.3 is 5.32 Å². The van der Waals surface area contributed by atoms with Crippen LogP contribution in [0, 0.1) is 18.6 Å². The van der Waals surface area contributed by atoms with Crippen molar-refractivity contribution in [1.82, 2.24) is 9.55 Å². The molecule has 4 aromatic rings. The number of halogens is 3. The molecule has 0 fully saturated rings. The highest BCUT2D eigenvalue weighted by Gasteiger charge is 2.20. The normalized spacial score (nSPS) is 11.1. The van der Waals surface area contributed by atoms with Crippen molar-refractivity contribution in [3.63, 3.8) is 0 Å². The molecule has 2 aromatic carbocycles. The zero-order valence-corrected chi connectivity index (χ0v) is 17.2. The Kier molecular flexibility index (Phi) is 5.36. The third-order valence-electron chi connectivity index (χ3n) is 4.60. The molecule has 0 aliphatic rings. The number of hydrogen-bond acceptors (Lipinski definition) is 4. The topological polar surface area (TPSA) is 64.0 Å². The van der Waals surface area contributed by atoms with Gasteiger partial charge in [-0.1, -0.05) is 29.8 Å². The SMILES string of the molecule is Cc1c(C(=O)Nc2ccc(F)c(Cl)c2)sc2ncn(Cc3ccccc3F)c(=O)c12. The van der Waals surface area contributed by atoms with E-state index in [-0.39, 0.29) is 17.1 Å². The molecule has 2 heterocycles. The number of hydrogen-bond donors (Lipinski definition) is 1. The van der Waals surface area contributed by atoms with E-state index in [1.54, 1.807) is 25.1 Å². The van der Waals surface area contributed by atoms with Crippen LogP contribution in [0.4, 0.5) is 14.5 Å². The van der Waals surface area contributed by atoms with Crippen LogP contribution in [0.1, 0.15) is 20.8 Å². The average molecular weight is 446 g/mol. The van der Waals surface area contributed by atoms with Crippen molar-refractivity contribution in [3.05, 3.63) is 91.8 Å². The number of aromatic nitrogens is 2. The number of rotatable bonds is 4. The lowest BCUT2D eigenvalue weighted by Crippen LogP contribution is -2.21. The van der Waals surface area contributed by atoms with Crippen LogP contribution in [0.2, 0.25) is 5.02 Å². The first-order chi connectivity index (χ1) is 14.3. The average Bonchev–Trinajstić information content (AvgIpc) is 3.06. The van der Waals surface area contributed by atoms with E-state index < -0.39 is 17.5 Å². The van der Waals surface area contributed by atoms with Gasteiger partial charge in [-0.15, -0.1) is 11.3 Å². The number of amides is 1.